The van der Waals surface area contributed by atoms with Gasteiger partial charge in [-0.2, -0.15) is 0 Å². The highest BCUT2D eigenvalue weighted by molar-refractivity contribution is 5.77. The van der Waals surface area contributed by atoms with Gasteiger partial charge in [0.2, 0.25) is 5.91 Å². The van der Waals surface area contributed by atoms with E-state index in [4.69, 9.17) is 0 Å². The Balaban J connectivity index is 1.57. The van der Waals surface area contributed by atoms with Crippen molar-refractivity contribution in [3.63, 3.8) is 0 Å². The lowest BCUT2D eigenvalue weighted by molar-refractivity contribution is -0.131. The van der Waals surface area contributed by atoms with Crippen LogP contribution in [0.25, 0.3) is 0 Å². The molecule has 3 nitrogen and oxygen atoms in total. The maximum absolute atomic E-state index is 13.3. The van der Waals surface area contributed by atoms with Crippen molar-refractivity contribution in [2.45, 2.75) is 32.1 Å². The van der Waals surface area contributed by atoms with Gasteiger partial charge in [0, 0.05) is 19.5 Å². The van der Waals surface area contributed by atoms with Gasteiger partial charge in [0.05, 0.1) is 0 Å². The van der Waals surface area contributed by atoms with E-state index in [9.17, 15) is 9.18 Å². The van der Waals surface area contributed by atoms with Gasteiger partial charge in [-0.1, -0.05) is 19.1 Å². The third-order valence-corrected chi connectivity index (χ3v) is 5.27. The average Bonchev–Trinajstić information content (AvgIpc) is 2.85. The summed E-state index contributed by atoms with van der Waals surface area (Å²) in [6, 6.07) is 6.60. The molecule has 0 aromatic heterocycles. The summed E-state index contributed by atoms with van der Waals surface area (Å²) >= 11 is 0. The van der Waals surface area contributed by atoms with E-state index in [1.165, 1.54) is 12.1 Å². The molecule has 0 spiro atoms. The Hall–Kier alpha value is -1.42. The van der Waals surface area contributed by atoms with Crippen molar-refractivity contribution < 1.29 is 9.18 Å². The zero-order valence-corrected chi connectivity index (χ0v) is 13.2. The Bertz CT molecular complexity index is 520. The Kier molecular flexibility index (Phi) is 4.77. The molecule has 1 aromatic carbocycles. The Labute approximate surface area is 131 Å². The lowest BCUT2D eigenvalue weighted by Crippen LogP contribution is -2.33. The molecule has 2 fully saturated rings. The van der Waals surface area contributed by atoms with Crippen LogP contribution in [0.3, 0.4) is 0 Å². The van der Waals surface area contributed by atoms with Gasteiger partial charge in [-0.3, -0.25) is 4.79 Å². The van der Waals surface area contributed by atoms with E-state index in [0.29, 0.717) is 6.42 Å². The van der Waals surface area contributed by atoms with Crippen molar-refractivity contribution in [3.8, 4) is 0 Å². The van der Waals surface area contributed by atoms with Gasteiger partial charge in [-0.15, -0.1) is 0 Å². The minimum Gasteiger partial charge on any atom is -0.343 e. The SMILES string of the molecule is CC(CC(=O)N1CC[C@@H]2CNC[C@@H]2CC1)c1cccc(F)c1. The van der Waals surface area contributed by atoms with Gasteiger partial charge in [-0.05, 0) is 61.4 Å². The molecule has 1 unspecified atom stereocenters. The number of rotatable bonds is 3. The number of nitrogens with one attached hydrogen (secondary N) is 1. The quantitative estimate of drug-likeness (QED) is 0.931. The van der Waals surface area contributed by atoms with E-state index in [-0.39, 0.29) is 17.6 Å². The van der Waals surface area contributed by atoms with Gasteiger partial charge in [-0.25, -0.2) is 4.39 Å². The highest BCUT2D eigenvalue weighted by Crippen LogP contribution is 2.28. The number of amides is 1. The summed E-state index contributed by atoms with van der Waals surface area (Å²) in [5.74, 6) is 1.51. The van der Waals surface area contributed by atoms with Crippen LogP contribution in [0, 0.1) is 17.7 Å². The number of benzene rings is 1. The summed E-state index contributed by atoms with van der Waals surface area (Å²) in [5.41, 5.74) is 0.907. The van der Waals surface area contributed by atoms with Crippen molar-refractivity contribution >= 4 is 5.91 Å². The minimum absolute atomic E-state index is 0.0626. The summed E-state index contributed by atoms with van der Waals surface area (Å²) < 4.78 is 13.3. The Morgan fingerprint density at radius 1 is 1.32 bits per heavy atom. The topological polar surface area (TPSA) is 32.3 Å². The van der Waals surface area contributed by atoms with Crippen LogP contribution in [0.2, 0.25) is 0 Å². The van der Waals surface area contributed by atoms with Gasteiger partial charge in [0.15, 0.2) is 0 Å². The molecule has 22 heavy (non-hydrogen) atoms. The van der Waals surface area contributed by atoms with Crippen LogP contribution < -0.4 is 5.32 Å². The second-order valence-corrected chi connectivity index (χ2v) is 6.80. The number of hydrogen-bond donors (Lipinski definition) is 1. The number of carbonyl (C=O) groups is 1. The van der Waals surface area contributed by atoms with Crippen molar-refractivity contribution in [2.24, 2.45) is 11.8 Å². The molecule has 120 valence electrons. The number of hydrogen-bond acceptors (Lipinski definition) is 2. The van der Waals surface area contributed by atoms with Crippen LogP contribution in [0.15, 0.2) is 24.3 Å². The molecular formula is C18H25FN2O. The second kappa shape index (κ2) is 6.78. The van der Waals surface area contributed by atoms with E-state index < -0.39 is 0 Å². The number of halogens is 1. The highest BCUT2D eigenvalue weighted by Gasteiger charge is 2.31. The summed E-state index contributed by atoms with van der Waals surface area (Å²) in [4.78, 5) is 14.6. The van der Waals surface area contributed by atoms with Crippen LogP contribution in [-0.4, -0.2) is 37.0 Å². The van der Waals surface area contributed by atoms with E-state index in [2.05, 4.69) is 5.32 Å². The molecule has 2 aliphatic rings. The summed E-state index contributed by atoms with van der Waals surface area (Å²) in [7, 11) is 0. The molecule has 1 amide bonds. The molecular weight excluding hydrogens is 279 g/mol. The largest absolute Gasteiger partial charge is 0.343 e. The van der Waals surface area contributed by atoms with Gasteiger partial charge < -0.3 is 10.2 Å². The third-order valence-electron chi connectivity index (χ3n) is 5.27. The molecule has 3 rings (SSSR count). The lowest BCUT2D eigenvalue weighted by atomic mass is 9.92. The molecule has 3 atom stereocenters. The number of carbonyl (C=O) groups excluding carboxylic acids is 1. The van der Waals surface area contributed by atoms with E-state index in [0.717, 1.165) is 56.4 Å². The van der Waals surface area contributed by atoms with Gasteiger partial charge in [0.25, 0.3) is 0 Å². The molecule has 2 saturated heterocycles. The van der Waals surface area contributed by atoms with Gasteiger partial charge in [0.1, 0.15) is 5.82 Å². The fraction of sp³-hybridized carbons (Fsp3) is 0.611. The number of nitrogens with zero attached hydrogens (tertiary/aromatic N) is 1. The average molecular weight is 304 g/mol. The molecule has 2 aliphatic heterocycles. The minimum atomic E-state index is -0.230. The van der Waals surface area contributed by atoms with Crippen LogP contribution in [0.4, 0.5) is 4.39 Å². The Morgan fingerprint density at radius 3 is 2.64 bits per heavy atom. The zero-order valence-electron chi connectivity index (χ0n) is 13.2. The maximum Gasteiger partial charge on any atom is 0.223 e. The van der Waals surface area contributed by atoms with Gasteiger partial charge >= 0.3 is 0 Å². The first-order valence-corrected chi connectivity index (χ1v) is 8.37. The van der Waals surface area contributed by atoms with Crippen LogP contribution >= 0.6 is 0 Å². The second-order valence-electron chi connectivity index (χ2n) is 6.80. The van der Waals surface area contributed by atoms with Crippen molar-refractivity contribution in [3.05, 3.63) is 35.6 Å². The maximum atomic E-state index is 13.3. The standard InChI is InChI=1S/C18H25FN2O/c1-13(14-3-2-4-17(19)10-14)9-18(22)21-7-5-15-11-20-12-16(15)6-8-21/h2-4,10,13,15-16,20H,5-9,11-12H2,1H3/t13?,15-,16+. The molecule has 1 N–H and O–H groups in total. The normalized spacial score (nSPS) is 26.4. The lowest BCUT2D eigenvalue weighted by Gasteiger charge is -2.23. The molecule has 0 bridgehead atoms. The number of fused-ring (bicyclic) bond motifs is 1. The third kappa shape index (κ3) is 3.49. The predicted molar refractivity (Wildman–Crippen MR) is 85.1 cm³/mol. The fourth-order valence-electron chi connectivity index (χ4n) is 3.79. The fourth-order valence-corrected chi connectivity index (χ4v) is 3.79. The molecule has 0 radical (unpaired) electrons. The van der Waals surface area contributed by atoms with E-state index in [1.54, 1.807) is 6.07 Å². The molecule has 2 heterocycles. The number of likely N-dealkylation sites (tertiary alicyclic amines) is 1. The molecule has 0 saturated carbocycles. The van der Waals surface area contributed by atoms with Crippen molar-refractivity contribution in [2.75, 3.05) is 26.2 Å². The first-order chi connectivity index (χ1) is 10.6. The first-order valence-electron chi connectivity index (χ1n) is 8.37. The predicted octanol–water partition coefficient (Wildman–Crippen LogP) is 2.78. The van der Waals surface area contributed by atoms with Crippen molar-refractivity contribution in [1.29, 1.82) is 0 Å². The van der Waals surface area contributed by atoms with Crippen molar-refractivity contribution in [1.82, 2.24) is 10.2 Å². The van der Waals surface area contributed by atoms with Crippen LogP contribution in [0.5, 0.6) is 0 Å². The van der Waals surface area contributed by atoms with Crippen LogP contribution in [-0.2, 0) is 4.79 Å². The molecule has 1 aromatic rings. The summed E-state index contributed by atoms with van der Waals surface area (Å²) in [6.07, 6.45) is 2.69. The smallest absolute Gasteiger partial charge is 0.223 e. The summed E-state index contributed by atoms with van der Waals surface area (Å²) in [5, 5.41) is 3.46. The Morgan fingerprint density at radius 2 is 2.00 bits per heavy atom. The summed E-state index contributed by atoms with van der Waals surface area (Å²) in [6.45, 7) is 5.96. The zero-order chi connectivity index (χ0) is 15.5. The monoisotopic (exact) mass is 304 g/mol. The van der Waals surface area contributed by atoms with Crippen LogP contribution in [0.1, 0.15) is 37.7 Å². The van der Waals surface area contributed by atoms with E-state index in [1.807, 2.05) is 17.9 Å². The highest BCUT2D eigenvalue weighted by atomic mass is 19.1. The van der Waals surface area contributed by atoms with E-state index >= 15 is 0 Å². The molecule has 4 heteroatoms. The molecule has 0 aliphatic carbocycles. The first kappa shape index (κ1) is 15.5.